The zero-order chi connectivity index (χ0) is 23.0. The molecule has 6 heteroatoms. The lowest BCUT2D eigenvalue weighted by Crippen LogP contribution is -2.17. The lowest BCUT2D eigenvalue weighted by Gasteiger charge is -2.13. The van der Waals surface area contributed by atoms with Crippen molar-refractivity contribution in [1.29, 1.82) is 0 Å². The molecule has 0 saturated carbocycles. The number of rotatable bonds is 8. The van der Waals surface area contributed by atoms with Crippen LogP contribution in [0.5, 0.6) is 11.5 Å². The smallest absolute Gasteiger partial charge is 0.271 e. The first-order valence-corrected chi connectivity index (χ1v) is 11.0. The summed E-state index contributed by atoms with van der Waals surface area (Å²) in [6, 6.07) is 26.4. The first kappa shape index (κ1) is 22.4. The number of ether oxygens (including phenoxy) is 2. The van der Waals surface area contributed by atoms with Gasteiger partial charge in [-0.25, -0.2) is 5.43 Å². The Morgan fingerprint density at radius 1 is 0.939 bits per heavy atom. The second-order valence-electron chi connectivity index (χ2n) is 7.25. The molecule has 33 heavy (non-hydrogen) atoms. The third-order valence-corrected chi connectivity index (χ3v) is 5.39. The minimum absolute atomic E-state index is 0.271. The summed E-state index contributed by atoms with van der Waals surface area (Å²) in [7, 11) is 0. The largest absolute Gasteiger partial charge is 0.490 e. The van der Waals surface area contributed by atoms with Gasteiger partial charge in [-0.1, -0.05) is 66.2 Å². The van der Waals surface area contributed by atoms with E-state index in [2.05, 4.69) is 10.5 Å². The highest BCUT2D eigenvalue weighted by Gasteiger charge is 2.10. The van der Waals surface area contributed by atoms with Gasteiger partial charge >= 0.3 is 0 Å². The van der Waals surface area contributed by atoms with Crippen LogP contribution in [-0.2, 0) is 6.61 Å². The number of carbonyl (C=O) groups is 1. The standard InChI is InChI=1S/C27H23ClN2O3/c1-2-32-26-16-19(14-15-25(26)33-18-21-9-4-6-13-24(21)28)17-29-30-27(31)23-12-7-10-20-8-3-5-11-22(20)23/h3-17H,2,18H2,1H3,(H,30,31)/b29-17-. The molecule has 4 aromatic rings. The van der Waals surface area contributed by atoms with Crippen molar-refractivity contribution in [3.63, 3.8) is 0 Å². The van der Waals surface area contributed by atoms with Crippen molar-refractivity contribution >= 4 is 34.5 Å². The molecule has 0 aliphatic heterocycles. The second kappa shape index (κ2) is 10.7. The molecule has 0 aliphatic rings. The van der Waals surface area contributed by atoms with Crippen LogP contribution in [0.1, 0.15) is 28.4 Å². The van der Waals surface area contributed by atoms with Crippen molar-refractivity contribution in [3.8, 4) is 11.5 Å². The maximum absolute atomic E-state index is 12.6. The Balaban J connectivity index is 1.45. The van der Waals surface area contributed by atoms with Crippen LogP contribution in [0.15, 0.2) is 90.0 Å². The Labute approximate surface area is 197 Å². The summed E-state index contributed by atoms with van der Waals surface area (Å²) >= 11 is 6.21. The number of hydrazone groups is 1. The molecule has 5 nitrogen and oxygen atoms in total. The third-order valence-electron chi connectivity index (χ3n) is 5.02. The Morgan fingerprint density at radius 2 is 1.73 bits per heavy atom. The van der Waals surface area contributed by atoms with E-state index in [-0.39, 0.29) is 5.91 Å². The summed E-state index contributed by atoms with van der Waals surface area (Å²) in [5.74, 6) is 0.926. The molecule has 0 fully saturated rings. The first-order valence-electron chi connectivity index (χ1n) is 10.6. The van der Waals surface area contributed by atoms with Gasteiger partial charge in [0.2, 0.25) is 0 Å². The van der Waals surface area contributed by atoms with Gasteiger partial charge in [0.25, 0.3) is 5.91 Å². The fourth-order valence-electron chi connectivity index (χ4n) is 3.41. The molecule has 0 atom stereocenters. The van der Waals surface area contributed by atoms with Gasteiger partial charge in [0, 0.05) is 16.1 Å². The zero-order valence-corrected chi connectivity index (χ0v) is 18.9. The molecule has 1 amide bonds. The fourth-order valence-corrected chi connectivity index (χ4v) is 3.60. The fraction of sp³-hybridized carbons (Fsp3) is 0.111. The van der Waals surface area contributed by atoms with Crippen LogP contribution in [0, 0.1) is 0 Å². The summed E-state index contributed by atoms with van der Waals surface area (Å²) < 4.78 is 11.7. The van der Waals surface area contributed by atoms with E-state index in [1.54, 1.807) is 12.3 Å². The monoisotopic (exact) mass is 458 g/mol. The first-order chi connectivity index (χ1) is 16.2. The summed E-state index contributed by atoms with van der Waals surface area (Å²) in [6.45, 7) is 2.72. The van der Waals surface area contributed by atoms with Gasteiger partial charge in [-0.05, 0) is 53.6 Å². The van der Waals surface area contributed by atoms with Crippen molar-refractivity contribution in [2.45, 2.75) is 13.5 Å². The number of benzene rings is 4. The highest BCUT2D eigenvalue weighted by Crippen LogP contribution is 2.29. The van der Waals surface area contributed by atoms with Crippen LogP contribution >= 0.6 is 11.6 Å². The molecular formula is C27H23ClN2O3. The summed E-state index contributed by atoms with van der Waals surface area (Å²) in [5, 5.41) is 6.66. The average molecular weight is 459 g/mol. The normalized spacial score (nSPS) is 11.0. The molecule has 0 heterocycles. The van der Waals surface area contributed by atoms with Crippen molar-refractivity contribution < 1.29 is 14.3 Å². The molecule has 0 aromatic heterocycles. The number of nitrogens with one attached hydrogen (secondary N) is 1. The van der Waals surface area contributed by atoms with E-state index >= 15 is 0 Å². The molecule has 4 aromatic carbocycles. The highest BCUT2D eigenvalue weighted by atomic mass is 35.5. The second-order valence-corrected chi connectivity index (χ2v) is 7.65. The topological polar surface area (TPSA) is 59.9 Å². The van der Waals surface area contributed by atoms with Gasteiger partial charge in [-0.3, -0.25) is 4.79 Å². The molecule has 0 spiro atoms. The van der Waals surface area contributed by atoms with Crippen molar-refractivity contribution in [2.24, 2.45) is 5.10 Å². The van der Waals surface area contributed by atoms with E-state index in [0.717, 1.165) is 21.9 Å². The van der Waals surface area contributed by atoms with Gasteiger partial charge < -0.3 is 9.47 Å². The zero-order valence-electron chi connectivity index (χ0n) is 18.1. The third kappa shape index (κ3) is 5.51. The number of amides is 1. The van der Waals surface area contributed by atoms with Gasteiger partial charge in [0.1, 0.15) is 6.61 Å². The molecule has 4 rings (SSSR count). The van der Waals surface area contributed by atoms with E-state index < -0.39 is 0 Å². The van der Waals surface area contributed by atoms with Gasteiger partial charge in [0.15, 0.2) is 11.5 Å². The molecular weight excluding hydrogens is 436 g/mol. The molecule has 1 N–H and O–H groups in total. The van der Waals surface area contributed by atoms with Crippen LogP contribution in [0.3, 0.4) is 0 Å². The van der Waals surface area contributed by atoms with E-state index in [0.29, 0.717) is 35.3 Å². The molecule has 0 radical (unpaired) electrons. The maximum Gasteiger partial charge on any atom is 0.271 e. The molecule has 166 valence electrons. The highest BCUT2D eigenvalue weighted by molar-refractivity contribution is 6.31. The molecule has 0 aliphatic carbocycles. The van der Waals surface area contributed by atoms with Crippen LogP contribution in [0.2, 0.25) is 5.02 Å². The Morgan fingerprint density at radius 3 is 2.58 bits per heavy atom. The van der Waals surface area contributed by atoms with Crippen molar-refractivity contribution in [3.05, 3.63) is 107 Å². The number of carbonyl (C=O) groups excluding carboxylic acids is 1. The van der Waals surface area contributed by atoms with Gasteiger partial charge in [-0.15, -0.1) is 0 Å². The SMILES string of the molecule is CCOc1cc(/C=N\NC(=O)c2cccc3ccccc23)ccc1OCc1ccccc1Cl. The average Bonchev–Trinajstić information content (AvgIpc) is 2.84. The van der Waals surface area contributed by atoms with Crippen LogP contribution in [0.25, 0.3) is 10.8 Å². The summed E-state index contributed by atoms with van der Waals surface area (Å²) in [6.07, 6.45) is 1.57. The molecule has 0 unspecified atom stereocenters. The van der Waals surface area contributed by atoms with E-state index in [1.807, 2.05) is 85.8 Å². The van der Waals surface area contributed by atoms with E-state index in [1.165, 1.54) is 0 Å². The van der Waals surface area contributed by atoms with E-state index in [9.17, 15) is 4.79 Å². The van der Waals surface area contributed by atoms with Crippen LogP contribution in [-0.4, -0.2) is 18.7 Å². The van der Waals surface area contributed by atoms with Gasteiger partial charge in [0.05, 0.1) is 12.8 Å². The predicted octanol–water partition coefficient (Wildman–Crippen LogP) is 6.23. The molecule has 0 bridgehead atoms. The number of fused-ring (bicyclic) bond motifs is 1. The number of nitrogens with zero attached hydrogens (tertiary/aromatic N) is 1. The predicted molar refractivity (Wildman–Crippen MR) is 132 cm³/mol. The van der Waals surface area contributed by atoms with Gasteiger partial charge in [-0.2, -0.15) is 5.10 Å². The maximum atomic E-state index is 12.6. The number of hydrogen-bond donors (Lipinski definition) is 1. The Bertz CT molecular complexity index is 1300. The number of hydrogen-bond acceptors (Lipinski definition) is 4. The van der Waals surface area contributed by atoms with Crippen molar-refractivity contribution in [2.75, 3.05) is 6.61 Å². The van der Waals surface area contributed by atoms with Crippen molar-refractivity contribution in [1.82, 2.24) is 5.43 Å². The minimum atomic E-state index is -0.271. The van der Waals surface area contributed by atoms with E-state index in [4.69, 9.17) is 21.1 Å². The Kier molecular flexibility index (Phi) is 7.22. The minimum Gasteiger partial charge on any atom is -0.490 e. The van der Waals surface area contributed by atoms with Crippen LogP contribution < -0.4 is 14.9 Å². The summed E-state index contributed by atoms with van der Waals surface area (Å²) in [5.41, 5.74) is 4.83. The number of halogens is 1. The van der Waals surface area contributed by atoms with Crippen LogP contribution in [0.4, 0.5) is 0 Å². The lowest BCUT2D eigenvalue weighted by molar-refractivity contribution is 0.0957. The molecule has 0 saturated heterocycles. The Hall–Kier alpha value is -3.83. The lowest BCUT2D eigenvalue weighted by atomic mass is 10.0. The summed E-state index contributed by atoms with van der Waals surface area (Å²) in [4.78, 5) is 12.6. The quantitative estimate of drug-likeness (QED) is 0.251.